The normalized spacial score (nSPS) is 31.3. The molecule has 5 rings (SSSR count). The Hall–Kier alpha value is -2.11. The molecule has 6 nitrogen and oxygen atoms in total. The van der Waals surface area contributed by atoms with E-state index in [1.54, 1.807) is 25.4 Å². The molecule has 0 N–H and O–H groups in total. The minimum atomic E-state index is 0.000558. The fraction of sp³-hybridized carbons (Fsp3) is 0.720. The number of methoxy groups -OCH3 is 1. The van der Waals surface area contributed by atoms with Gasteiger partial charge in [-0.25, -0.2) is 0 Å². The maximum atomic E-state index is 13.3. The lowest BCUT2D eigenvalue weighted by atomic mass is 9.69. The number of pyridine rings is 1. The maximum Gasteiger partial charge on any atom is 0.272 e. The minimum absolute atomic E-state index is 0.000558. The van der Waals surface area contributed by atoms with E-state index in [9.17, 15) is 9.59 Å². The van der Waals surface area contributed by atoms with E-state index in [-0.39, 0.29) is 5.91 Å². The van der Waals surface area contributed by atoms with Crippen molar-refractivity contribution >= 4 is 11.8 Å². The number of rotatable bonds is 4. The molecule has 1 aromatic rings. The van der Waals surface area contributed by atoms with Gasteiger partial charge in [-0.3, -0.25) is 14.6 Å². The molecule has 4 heterocycles. The van der Waals surface area contributed by atoms with Crippen LogP contribution in [0.3, 0.4) is 0 Å². The standard InChI is InChI=1S/C25H35N3O3/c1-31-20-10-11-26-21(14-20)25(30)27-15-18-13-19(16-27)23(12-17-6-3-2-4-7-17)28-22(18)8-5-9-24(28)29/h10-11,14,17-19,22-23H,2-9,12-13,15-16H2,1H3/t18-,19+,22+,23+/m1/s1. The molecule has 4 fully saturated rings. The molecule has 2 amide bonds. The minimum Gasteiger partial charge on any atom is -0.497 e. The highest BCUT2D eigenvalue weighted by Crippen LogP contribution is 2.44. The van der Waals surface area contributed by atoms with Crippen LogP contribution in [0.4, 0.5) is 0 Å². The van der Waals surface area contributed by atoms with Crippen molar-refractivity contribution in [1.29, 1.82) is 0 Å². The van der Waals surface area contributed by atoms with Gasteiger partial charge in [0.05, 0.1) is 7.11 Å². The lowest BCUT2D eigenvalue weighted by molar-refractivity contribution is -0.153. The summed E-state index contributed by atoms with van der Waals surface area (Å²) in [6.07, 6.45) is 13.3. The van der Waals surface area contributed by atoms with Crippen LogP contribution in [0, 0.1) is 17.8 Å². The van der Waals surface area contributed by atoms with Crippen molar-refractivity contribution in [3.8, 4) is 5.75 Å². The molecule has 1 saturated carbocycles. The van der Waals surface area contributed by atoms with Gasteiger partial charge in [0.1, 0.15) is 11.4 Å². The van der Waals surface area contributed by atoms with Crippen LogP contribution in [0.15, 0.2) is 18.3 Å². The predicted octanol–water partition coefficient (Wildman–Crippen LogP) is 3.90. The summed E-state index contributed by atoms with van der Waals surface area (Å²) >= 11 is 0. The summed E-state index contributed by atoms with van der Waals surface area (Å²) in [6, 6.07) is 4.11. The lowest BCUT2D eigenvalue weighted by Gasteiger charge is -2.57. The molecule has 6 heteroatoms. The van der Waals surface area contributed by atoms with Gasteiger partial charge in [0.25, 0.3) is 5.91 Å². The van der Waals surface area contributed by atoms with Gasteiger partial charge < -0.3 is 14.5 Å². The van der Waals surface area contributed by atoms with Crippen molar-refractivity contribution in [1.82, 2.24) is 14.8 Å². The molecule has 4 atom stereocenters. The summed E-state index contributed by atoms with van der Waals surface area (Å²) in [4.78, 5) is 35.0. The summed E-state index contributed by atoms with van der Waals surface area (Å²) in [5.41, 5.74) is 0.458. The first-order valence-corrected chi connectivity index (χ1v) is 12.2. The highest BCUT2D eigenvalue weighted by atomic mass is 16.5. The molecular weight excluding hydrogens is 390 g/mol. The first-order chi connectivity index (χ1) is 15.1. The molecule has 168 valence electrons. The van der Waals surface area contributed by atoms with Crippen molar-refractivity contribution in [2.24, 2.45) is 17.8 Å². The van der Waals surface area contributed by atoms with E-state index in [1.807, 2.05) is 4.90 Å². The van der Waals surface area contributed by atoms with E-state index in [0.717, 1.165) is 44.7 Å². The molecule has 0 spiro atoms. The average molecular weight is 426 g/mol. The van der Waals surface area contributed by atoms with Crippen molar-refractivity contribution in [2.45, 2.75) is 76.3 Å². The van der Waals surface area contributed by atoms with Crippen LogP contribution in [-0.4, -0.2) is 58.9 Å². The lowest BCUT2D eigenvalue weighted by Crippen LogP contribution is -2.65. The predicted molar refractivity (Wildman–Crippen MR) is 118 cm³/mol. The molecule has 0 aromatic carbocycles. The number of likely N-dealkylation sites (tertiary alicyclic amines) is 1. The smallest absolute Gasteiger partial charge is 0.272 e. The van der Waals surface area contributed by atoms with Crippen molar-refractivity contribution < 1.29 is 14.3 Å². The van der Waals surface area contributed by atoms with Gasteiger partial charge in [0.2, 0.25) is 5.91 Å². The van der Waals surface area contributed by atoms with E-state index < -0.39 is 0 Å². The molecular formula is C25H35N3O3. The van der Waals surface area contributed by atoms with E-state index in [0.29, 0.717) is 47.7 Å². The largest absolute Gasteiger partial charge is 0.497 e. The Morgan fingerprint density at radius 1 is 1.13 bits per heavy atom. The van der Waals surface area contributed by atoms with Crippen LogP contribution in [0.1, 0.15) is 74.7 Å². The van der Waals surface area contributed by atoms with Gasteiger partial charge >= 0.3 is 0 Å². The Kier molecular flexibility index (Phi) is 5.89. The molecule has 3 saturated heterocycles. The zero-order valence-electron chi connectivity index (χ0n) is 18.7. The van der Waals surface area contributed by atoms with E-state index >= 15 is 0 Å². The molecule has 0 unspecified atom stereocenters. The number of fused-ring (bicyclic) bond motifs is 4. The fourth-order valence-corrected chi connectivity index (χ4v) is 6.83. The Morgan fingerprint density at radius 2 is 1.94 bits per heavy atom. The van der Waals surface area contributed by atoms with Crippen LogP contribution in [-0.2, 0) is 4.79 Å². The number of ether oxygens (including phenoxy) is 1. The second-order valence-electron chi connectivity index (χ2n) is 10.1. The Labute approximate surface area is 185 Å². The molecule has 1 aromatic heterocycles. The topological polar surface area (TPSA) is 62.7 Å². The second kappa shape index (κ2) is 8.79. The van der Waals surface area contributed by atoms with Crippen LogP contribution in [0.2, 0.25) is 0 Å². The van der Waals surface area contributed by atoms with Crippen molar-refractivity contribution in [2.75, 3.05) is 20.2 Å². The monoisotopic (exact) mass is 425 g/mol. The van der Waals surface area contributed by atoms with Crippen molar-refractivity contribution in [3.05, 3.63) is 24.0 Å². The van der Waals surface area contributed by atoms with Gasteiger partial charge in [0.15, 0.2) is 0 Å². The molecule has 3 aliphatic heterocycles. The maximum absolute atomic E-state index is 13.3. The quantitative estimate of drug-likeness (QED) is 0.734. The third kappa shape index (κ3) is 4.06. The Balaban J connectivity index is 1.39. The van der Waals surface area contributed by atoms with Crippen LogP contribution in [0.25, 0.3) is 0 Å². The number of amides is 2. The highest BCUT2D eigenvalue weighted by Gasteiger charge is 2.50. The Bertz CT molecular complexity index is 822. The summed E-state index contributed by atoms with van der Waals surface area (Å²) in [6.45, 7) is 1.47. The third-order valence-corrected chi connectivity index (χ3v) is 8.27. The molecule has 31 heavy (non-hydrogen) atoms. The van der Waals surface area contributed by atoms with Crippen molar-refractivity contribution in [3.63, 3.8) is 0 Å². The van der Waals surface area contributed by atoms with Crippen LogP contribution < -0.4 is 4.74 Å². The SMILES string of the molecule is COc1ccnc(C(=O)N2C[C@H]3C[C@@H](C2)[C@H](CC2CCCCC2)N2C(=O)CCC[C@@H]32)c1. The number of nitrogens with zero attached hydrogens (tertiary/aromatic N) is 3. The fourth-order valence-electron chi connectivity index (χ4n) is 6.83. The van der Waals surface area contributed by atoms with Gasteiger partial charge in [-0.15, -0.1) is 0 Å². The van der Waals surface area contributed by atoms with Gasteiger partial charge in [-0.2, -0.15) is 0 Å². The number of piperidine rings is 3. The number of aromatic nitrogens is 1. The number of carbonyl (C=O) groups is 2. The number of hydrogen-bond acceptors (Lipinski definition) is 4. The van der Waals surface area contributed by atoms with E-state index in [1.165, 1.54) is 32.1 Å². The molecule has 2 bridgehead atoms. The summed E-state index contributed by atoms with van der Waals surface area (Å²) < 4.78 is 5.30. The van der Waals surface area contributed by atoms with E-state index in [2.05, 4.69) is 9.88 Å². The summed E-state index contributed by atoms with van der Waals surface area (Å²) in [5.74, 6) is 2.53. The zero-order chi connectivity index (χ0) is 21.4. The molecule has 0 radical (unpaired) electrons. The molecule has 1 aliphatic carbocycles. The zero-order valence-corrected chi connectivity index (χ0v) is 18.7. The van der Waals surface area contributed by atoms with Crippen LogP contribution in [0.5, 0.6) is 5.75 Å². The summed E-state index contributed by atoms with van der Waals surface area (Å²) in [5, 5.41) is 0. The number of hydrogen-bond donors (Lipinski definition) is 0. The second-order valence-corrected chi connectivity index (χ2v) is 10.1. The Morgan fingerprint density at radius 3 is 2.74 bits per heavy atom. The number of carbonyl (C=O) groups excluding carboxylic acids is 2. The van der Waals surface area contributed by atoms with Gasteiger partial charge in [0, 0.05) is 43.9 Å². The highest BCUT2D eigenvalue weighted by molar-refractivity contribution is 5.92. The van der Waals surface area contributed by atoms with Crippen LogP contribution >= 0.6 is 0 Å². The molecule has 4 aliphatic rings. The van der Waals surface area contributed by atoms with E-state index in [4.69, 9.17) is 4.74 Å². The first-order valence-electron chi connectivity index (χ1n) is 12.2. The average Bonchev–Trinajstić information content (AvgIpc) is 2.82. The summed E-state index contributed by atoms with van der Waals surface area (Å²) in [7, 11) is 1.61. The third-order valence-electron chi connectivity index (χ3n) is 8.27. The van der Waals surface area contributed by atoms with Gasteiger partial charge in [-0.1, -0.05) is 32.1 Å². The first kappa shape index (κ1) is 20.8. The van der Waals surface area contributed by atoms with Gasteiger partial charge in [-0.05, 0) is 49.5 Å².